The Morgan fingerprint density at radius 2 is 1.66 bits per heavy atom. The Bertz CT molecular complexity index is 1230. The van der Waals surface area contributed by atoms with Crippen molar-refractivity contribution in [2.45, 2.75) is 83.1 Å². The first-order valence-corrected chi connectivity index (χ1v) is 15.7. The molecule has 0 bridgehead atoms. The predicted molar refractivity (Wildman–Crippen MR) is 172 cm³/mol. The summed E-state index contributed by atoms with van der Waals surface area (Å²) in [7, 11) is 0. The standard InChI is InChI=1S/C30H49N9O8/c1-16(2)25-29(46)37-19(6-4-10-34-30(32)33)26(43)35-15-23(40)36-21(14-24(41)42)27(44)38-20(28(45)39-25)13-18-7-8-22(17(3)12-18)47-11-5-9-31/h7-8,12,16-17,19-22,25H,4-6,9-11,13-15,31H2,1-3H3,(H,35,43)(H,36,40)(H,37,46)(H,38,44)(H,39,45)(H,41,42)(H4,32,33,34)/t17?,19-,20+,21-,22?,25-/m0/s1. The van der Waals surface area contributed by atoms with Crippen molar-refractivity contribution in [3.05, 3.63) is 23.8 Å². The molecule has 0 aromatic heterocycles. The van der Waals surface area contributed by atoms with Crippen LogP contribution in [-0.2, 0) is 33.5 Å². The molecular weight excluding hydrogens is 614 g/mol. The number of guanidine groups is 1. The summed E-state index contributed by atoms with van der Waals surface area (Å²) in [5, 5.41) is 22.1. The van der Waals surface area contributed by atoms with E-state index < -0.39 is 78.6 Å². The molecule has 1 aliphatic heterocycles. The zero-order valence-corrected chi connectivity index (χ0v) is 27.1. The van der Waals surface area contributed by atoms with E-state index in [4.69, 9.17) is 21.9 Å². The van der Waals surface area contributed by atoms with E-state index in [2.05, 4.69) is 31.6 Å². The van der Waals surface area contributed by atoms with E-state index in [9.17, 15) is 33.9 Å². The summed E-state index contributed by atoms with van der Waals surface area (Å²) in [4.78, 5) is 81.8. The van der Waals surface area contributed by atoms with Crippen LogP contribution in [0.1, 0.15) is 52.9 Å². The molecule has 0 saturated carbocycles. The van der Waals surface area contributed by atoms with Crippen molar-refractivity contribution in [2.75, 3.05) is 26.2 Å². The van der Waals surface area contributed by atoms with Gasteiger partial charge in [-0.1, -0.05) is 39.0 Å². The van der Waals surface area contributed by atoms with Crippen LogP contribution in [0, 0.1) is 11.8 Å². The summed E-state index contributed by atoms with van der Waals surface area (Å²) in [6, 6.07) is -5.08. The number of rotatable bonds is 13. The minimum Gasteiger partial charge on any atom is -0.481 e. The molecule has 6 atom stereocenters. The second-order valence-electron chi connectivity index (χ2n) is 11.9. The SMILES string of the molecule is CC1C=C(C[C@H]2NC(=O)[C@H](CC(=O)O)NC(=O)CNC(=O)[C@H](CCCN=C(N)N)NC(=O)[C@H](C(C)C)NC2=O)C=CC1OCCCN. The number of hydrogen-bond donors (Lipinski definition) is 9. The zero-order chi connectivity index (χ0) is 35.1. The first-order chi connectivity index (χ1) is 22.2. The average Bonchev–Trinajstić information content (AvgIpc) is 2.99. The highest BCUT2D eigenvalue weighted by Crippen LogP contribution is 2.23. The van der Waals surface area contributed by atoms with Gasteiger partial charge in [-0.25, -0.2) is 0 Å². The maximum Gasteiger partial charge on any atom is 0.305 e. The number of allylic oxidation sites excluding steroid dienone is 1. The number of nitrogens with one attached hydrogen (secondary N) is 5. The molecule has 2 aliphatic rings. The number of hydrogen-bond acceptors (Lipinski definition) is 9. The molecule has 0 radical (unpaired) electrons. The van der Waals surface area contributed by atoms with Gasteiger partial charge in [-0.2, -0.15) is 0 Å². The lowest BCUT2D eigenvalue weighted by Gasteiger charge is -2.29. The number of aliphatic imine (C=N–C) groups is 1. The molecule has 47 heavy (non-hydrogen) atoms. The molecular formula is C30H49N9O8. The van der Waals surface area contributed by atoms with Crippen molar-refractivity contribution < 1.29 is 38.6 Å². The fraction of sp³-hybridized carbons (Fsp3) is 0.633. The lowest BCUT2D eigenvalue weighted by atomic mass is 9.91. The number of carboxylic acid groups (broad SMARTS) is 1. The summed E-state index contributed by atoms with van der Waals surface area (Å²) in [6.45, 7) is 5.87. The highest BCUT2D eigenvalue weighted by atomic mass is 16.5. The van der Waals surface area contributed by atoms with E-state index in [0.717, 1.165) is 0 Å². The molecule has 5 amide bonds. The smallest absolute Gasteiger partial charge is 0.305 e. The Balaban J connectivity index is 2.41. The van der Waals surface area contributed by atoms with Gasteiger partial charge in [0.1, 0.15) is 24.2 Å². The minimum atomic E-state index is -1.57. The first kappa shape index (κ1) is 38.7. The highest BCUT2D eigenvalue weighted by molar-refractivity contribution is 5.98. The van der Waals surface area contributed by atoms with Gasteiger partial charge in [0, 0.05) is 25.5 Å². The number of carbonyl (C=O) groups excluding carboxylic acids is 5. The molecule has 12 N–H and O–H groups in total. The number of nitrogens with zero attached hydrogens (tertiary/aromatic N) is 1. The maximum absolute atomic E-state index is 13.8. The Morgan fingerprint density at radius 3 is 2.28 bits per heavy atom. The van der Waals surface area contributed by atoms with Crippen LogP contribution >= 0.6 is 0 Å². The predicted octanol–water partition coefficient (Wildman–Crippen LogP) is -2.50. The van der Waals surface area contributed by atoms with Gasteiger partial charge in [0.2, 0.25) is 29.5 Å². The topological polar surface area (TPSA) is 282 Å². The largest absolute Gasteiger partial charge is 0.481 e. The molecule has 0 aromatic carbocycles. The average molecular weight is 664 g/mol. The third-order valence-corrected chi connectivity index (χ3v) is 7.51. The van der Waals surface area contributed by atoms with Crippen LogP contribution in [0.5, 0.6) is 0 Å². The van der Waals surface area contributed by atoms with Gasteiger partial charge in [0.25, 0.3) is 0 Å². The van der Waals surface area contributed by atoms with Crippen molar-refractivity contribution in [1.82, 2.24) is 26.6 Å². The van der Waals surface area contributed by atoms with Gasteiger partial charge in [0.15, 0.2) is 5.96 Å². The fourth-order valence-electron chi connectivity index (χ4n) is 4.99. The summed E-state index contributed by atoms with van der Waals surface area (Å²) in [5.41, 5.74) is 17.0. The number of aliphatic carboxylic acids is 1. The van der Waals surface area contributed by atoms with Gasteiger partial charge in [0.05, 0.1) is 19.1 Å². The molecule has 1 saturated heterocycles. The third-order valence-electron chi connectivity index (χ3n) is 7.51. The quantitative estimate of drug-likeness (QED) is 0.0564. The molecule has 1 aliphatic carbocycles. The Morgan fingerprint density at radius 1 is 0.979 bits per heavy atom. The summed E-state index contributed by atoms with van der Waals surface area (Å²) in [5.74, 6) is -5.92. The van der Waals surface area contributed by atoms with Crippen LogP contribution in [-0.4, -0.2) is 103 Å². The van der Waals surface area contributed by atoms with E-state index >= 15 is 0 Å². The van der Waals surface area contributed by atoms with Crippen molar-refractivity contribution in [3.8, 4) is 0 Å². The van der Waals surface area contributed by atoms with E-state index in [0.29, 0.717) is 31.6 Å². The molecule has 1 fully saturated rings. The number of carbonyl (C=O) groups is 6. The second-order valence-corrected chi connectivity index (χ2v) is 11.9. The number of amides is 5. The van der Waals surface area contributed by atoms with Crippen LogP contribution in [0.4, 0.5) is 0 Å². The third kappa shape index (κ3) is 13.4. The van der Waals surface area contributed by atoms with Gasteiger partial charge in [-0.15, -0.1) is 0 Å². The second kappa shape index (κ2) is 19.2. The number of ether oxygens (including phenoxy) is 1. The molecule has 17 heteroatoms. The van der Waals surface area contributed by atoms with Crippen molar-refractivity contribution >= 4 is 41.5 Å². The van der Waals surface area contributed by atoms with Gasteiger partial charge < -0.3 is 53.6 Å². The summed E-state index contributed by atoms with van der Waals surface area (Å²) in [6.07, 6.45) is 5.59. The van der Waals surface area contributed by atoms with Crippen molar-refractivity contribution in [1.29, 1.82) is 0 Å². The van der Waals surface area contributed by atoms with Gasteiger partial charge >= 0.3 is 5.97 Å². The molecule has 17 nitrogen and oxygen atoms in total. The van der Waals surface area contributed by atoms with Gasteiger partial charge in [-0.3, -0.25) is 33.8 Å². The van der Waals surface area contributed by atoms with E-state index in [-0.39, 0.29) is 37.4 Å². The van der Waals surface area contributed by atoms with Crippen LogP contribution in [0.25, 0.3) is 0 Å². The van der Waals surface area contributed by atoms with E-state index in [1.807, 2.05) is 19.1 Å². The monoisotopic (exact) mass is 663 g/mol. The minimum absolute atomic E-state index is 0.0123. The van der Waals surface area contributed by atoms with Crippen LogP contribution in [0.3, 0.4) is 0 Å². The Hall–Kier alpha value is -4.51. The fourth-order valence-corrected chi connectivity index (χ4v) is 4.99. The number of nitrogens with two attached hydrogens (primary N) is 3. The number of carboxylic acids is 1. The molecule has 1 heterocycles. The van der Waals surface area contributed by atoms with Crippen molar-refractivity contribution in [2.24, 2.45) is 34.0 Å². The normalized spacial score (nSPS) is 26.1. The van der Waals surface area contributed by atoms with Crippen LogP contribution in [0.15, 0.2) is 28.8 Å². The van der Waals surface area contributed by atoms with E-state index in [1.54, 1.807) is 19.9 Å². The summed E-state index contributed by atoms with van der Waals surface area (Å²) < 4.78 is 5.86. The molecule has 2 rings (SSSR count). The molecule has 0 spiro atoms. The lowest BCUT2D eigenvalue weighted by Crippen LogP contribution is -2.59. The Kier molecular flexibility index (Phi) is 15.8. The highest BCUT2D eigenvalue weighted by Gasteiger charge is 2.34. The van der Waals surface area contributed by atoms with Crippen molar-refractivity contribution in [3.63, 3.8) is 0 Å². The summed E-state index contributed by atoms with van der Waals surface area (Å²) >= 11 is 0. The maximum atomic E-state index is 13.8. The van der Waals surface area contributed by atoms with Crippen LogP contribution < -0.4 is 43.8 Å². The van der Waals surface area contributed by atoms with Gasteiger partial charge in [-0.05, 0) is 37.3 Å². The molecule has 2 unspecified atom stereocenters. The van der Waals surface area contributed by atoms with E-state index in [1.165, 1.54) is 0 Å². The molecule has 0 aromatic rings. The first-order valence-electron chi connectivity index (χ1n) is 15.7. The van der Waals surface area contributed by atoms with Crippen LogP contribution in [0.2, 0.25) is 0 Å². The lowest BCUT2D eigenvalue weighted by molar-refractivity contribution is -0.141. The molecule has 262 valence electrons. The Labute approximate surface area is 273 Å². The zero-order valence-electron chi connectivity index (χ0n) is 27.1.